The molecule has 0 bridgehead atoms. The zero-order chi connectivity index (χ0) is 23.5. The van der Waals surface area contributed by atoms with Crippen molar-refractivity contribution in [2.45, 2.75) is 12.6 Å². The maximum absolute atomic E-state index is 6.29. The highest BCUT2D eigenvalue weighted by molar-refractivity contribution is 6.31. The Morgan fingerprint density at radius 3 is 2.68 bits per heavy atom. The molecule has 0 aromatic heterocycles. The molecular weight excluding hydrogens is 448 g/mol. The Morgan fingerprint density at radius 2 is 1.88 bits per heavy atom. The third kappa shape index (κ3) is 4.50. The number of methoxy groups -OCH3 is 2. The Balaban J connectivity index is 1.59. The normalized spacial score (nSPS) is 16.6. The molecule has 34 heavy (non-hydrogen) atoms. The second-order valence-corrected chi connectivity index (χ2v) is 8.45. The summed E-state index contributed by atoms with van der Waals surface area (Å²) in [6.45, 7) is 0.811. The lowest BCUT2D eigenvalue weighted by atomic mass is 9.99. The standard InChI is InChI=1S/C27H25ClN4O2/c1-33-21-7-3-5-17(13-21)18-8-10-23-22(14-18)27(31-24-15-20(28)9-11-25(24)34-2)32-26(30-23)19-6-4-12-29-16-19/h3,5-11,13-16,26,30H,4,12H2,1-2H3,(H,31,32). The van der Waals surface area contributed by atoms with E-state index in [0.29, 0.717) is 10.8 Å². The number of rotatable bonds is 5. The molecule has 2 heterocycles. The predicted molar refractivity (Wildman–Crippen MR) is 140 cm³/mol. The average Bonchev–Trinajstić information content (AvgIpc) is 2.89. The lowest BCUT2D eigenvalue weighted by molar-refractivity contribution is 0.415. The molecule has 172 valence electrons. The molecule has 0 saturated heterocycles. The summed E-state index contributed by atoms with van der Waals surface area (Å²) < 4.78 is 11.0. The third-order valence-corrected chi connectivity index (χ3v) is 6.07. The van der Waals surface area contributed by atoms with Crippen molar-refractivity contribution in [3.8, 4) is 22.6 Å². The number of halogens is 1. The van der Waals surface area contributed by atoms with Crippen LogP contribution in [-0.4, -0.2) is 39.0 Å². The van der Waals surface area contributed by atoms with Gasteiger partial charge in [0.2, 0.25) is 0 Å². The lowest BCUT2D eigenvalue weighted by Crippen LogP contribution is -2.32. The number of aliphatic imine (C=N–C) groups is 2. The van der Waals surface area contributed by atoms with E-state index >= 15 is 0 Å². The number of fused-ring (bicyclic) bond motifs is 1. The predicted octanol–water partition coefficient (Wildman–Crippen LogP) is 6.04. The van der Waals surface area contributed by atoms with Crippen LogP contribution in [0.3, 0.4) is 0 Å². The van der Waals surface area contributed by atoms with Gasteiger partial charge in [-0.1, -0.05) is 35.9 Å². The van der Waals surface area contributed by atoms with E-state index in [0.717, 1.165) is 58.2 Å². The van der Waals surface area contributed by atoms with Crippen molar-refractivity contribution in [2.75, 3.05) is 31.4 Å². The maximum Gasteiger partial charge on any atom is 0.148 e. The summed E-state index contributed by atoms with van der Waals surface area (Å²) in [4.78, 5) is 9.46. The molecule has 1 atom stereocenters. The van der Waals surface area contributed by atoms with Crippen molar-refractivity contribution < 1.29 is 9.47 Å². The molecule has 0 fully saturated rings. The minimum Gasteiger partial charge on any atom is -0.497 e. The number of dihydropyridines is 1. The number of benzene rings is 3. The molecule has 5 rings (SSSR count). The van der Waals surface area contributed by atoms with Gasteiger partial charge in [-0.05, 0) is 60.0 Å². The first-order valence-electron chi connectivity index (χ1n) is 11.1. The molecule has 2 N–H and O–H groups in total. The van der Waals surface area contributed by atoms with E-state index in [2.05, 4.69) is 46.0 Å². The topological polar surface area (TPSA) is 67.2 Å². The van der Waals surface area contributed by atoms with Crippen LogP contribution in [0.5, 0.6) is 11.5 Å². The zero-order valence-corrected chi connectivity index (χ0v) is 19.8. The number of ether oxygens (including phenoxy) is 2. The molecule has 1 unspecified atom stereocenters. The van der Waals surface area contributed by atoms with Crippen molar-refractivity contribution in [3.63, 3.8) is 0 Å². The van der Waals surface area contributed by atoms with Crippen molar-refractivity contribution in [3.05, 3.63) is 82.9 Å². The first-order chi connectivity index (χ1) is 16.6. The van der Waals surface area contributed by atoms with Crippen LogP contribution in [0.2, 0.25) is 5.02 Å². The molecule has 0 saturated carbocycles. The Labute approximate surface area is 204 Å². The van der Waals surface area contributed by atoms with Crippen molar-refractivity contribution >= 4 is 35.0 Å². The average molecular weight is 473 g/mol. The number of anilines is 2. The highest BCUT2D eigenvalue weighted by Crippen LogP contribution is 2.34. The second kappa shape index (κ2) is 9.61. The molecule has 2 aliphatic heterocycles. The van der Waals surface area contributed by atoms with E-state index in [1.54, 1.807) is 20.3 Å². The maximum atomic E-state index is 6.29. The van der Waals surface area contributed by atoms with E-state index < -0.39 is 0 Å². The fourth-order valence-electron chi connectivity index (χ4n) is 4.10. The number of amidine groups is 1. The molecule has 0 amide bonds. The van der Waals surface area contributed by atoms with Gasteiger partial charge in [-0.25, -0.2) is 4.99 Å². The smallest absolute Gasteiger partial charge is 0.148 e. The molecule has 2 aliphatic rings. The van der Waals surface area contributed by atoms with Crippen LogP contribution in [0.1, 0.15) is 12.0 Å². The Morgan fingerprint density at radius 1 is 1.00 bits per heavy atom. The molecule has 3 aromatic rings. The fourth-order valence-corrected chi connectivity index (χ4v) is 4.27. The Hall–Kier alpha value is -3.77. The molecule has 6 nitrogen and oxygen atoms in total. The SMILES string of the molecule is COc1cccc(-c2ccc3c(c2)C(Nc2cc(Cl)ccc2OC)=NC(C2=CCCN=C2)N3)c1. The number of hydrogen-bond donors (Lipinski definition) is 2. The molecule has 0 radical (unpaired) electrons. The van der Waals surface area contributed by atoms with E-state index in [1.807, 2.05) is 36.5 Å². The van der Waals surface area contributed by atoms with Gasteiger partial charge in [-0.2, -0.15) is 0 Å². The molecule has 7 heteroatoms. The van der Waals surface area contributed by atoms with Crippen LogP contribution in [0.4, 0.5) is 11.4 Å². The summed E-state index contributed by atoms with van der Waals surface area (Å²) >= 11 is 6.29. The monoisotopic (exact) mass is 472 g/mol. The summed E-state index contributed by atoms with van der Waals surface area (Å²) in [5.74, 6) is 2.22. The van der Waals surface area contributed by atoms with Gasteiger partial charge in [0.1, 0.15) is 23.5 Å². The van der Waals surface area contributed by atoms with Crippen LogP contribution in [0, 0.1) is 0 Å². The minimum atomic E-state index is -0.244. The number of hydrogen-bond acceptors (Lipinski definition) is 6. The number of nitrogens with zero attached hydrogens (tertiary/aromatic N) is 2. The van der Waals surface area contributed by atoms with Gasteiger partial charge < -0.3 is 20.1 Å². The Bertz CT molecular complexity index is 1320. The summed E-state index contributed by atoms with van der Waals surface area (Å²) in [6, 6.07) is 19.8. The van der Waals surface area contributed by atoms with Gasteiger partial charge in [0.25, 0.3) is 0 Å². The van der Waals surface area contributed by atoms with Crippen LogP contribution in [0.15, 0.2) is 82.3 Å². The summed E-state index contributed by atoms with van der Waals surface area (Å²) in [6.07, 6.45) is 4.75. The highest BCUT2D eigenvalue weighted by Gasteiger charge is 2.24. The van der Waals surface area contributed by atoms with Gasteiger partial charge in [0.05, 0.1) is 19.9 Å². The van der Waals surface area contributed by atoms with E-state index in [-0.39, 0.29) is 6.17 Å². The largest absolute Gasteiger partial charge is 0.497 e. The van der Waals surface area contributed by atoms with Crippen LogP contribution in [-0.2, 0) is 0 Å². The molecule has 0 spiro atoms. The van der Waals surface area contributed by atoms with Crippen LogP contribution in [0.25, 0.3) is 11.1 Å². The van der Waals surface area contributed by atoms with Crippen LogP contribution < -0.4 is 20.1 Å². The van der Waals surface area contributed by atoms with Crippen molar-refractivity contribution in [1.29, 1.82) is 0 Å². The van der Waals surface area contributed by atoms with Crippen molar-refractivity contribution in [2.24, 2.45) is 9.98 Å². The second-order valence-electron chi connectivity index (χ2n) is 8.01. The minimum absolute atomic E-state index is 0.244. The first-order valence-corrected chi connectivity index (χ1v) is 11.5. The Kier molecular flexibility index (Phi) is 6.23. The van der Waals surface area contributed by atoms with Crippen LogP contribution >= 0.6 is 11.6 Å². The fraction of sp³-hybridized carbons (Fsp3) is 0.185. The van der Waals surface area contributed by atoms with E-state index in [9.17, 15) is 0 Å². The van der Waals surface area contributed by atoms with E-state index in [1.165, 1.54) is 0 Å². The van der Waals surface area contributed by atoms with Gasteiger partial charge in [0, 0.05) is 34.6 Å². The molecular formula is C27H25ClN4O2. The first kappa shape index (κ1) is 22.0. The lowest BCUT2D eigenvalue weighted by Gasteiger charge is -2.28. The third-order valence-electron chi connectivity index (χ3n) is 5.84. The van der Waals surface area contributed by atoms with Gasteiger partial charge >= 0.3 is 0 Å². The molecule has 3 aromatic carbocycles. The summed E-state index contributed by atoms with van der Waals surface area (Å²) in [5, 5.41) is 7.64. The van der Waals surface area contributed by atoms with Gasteiger partial charge in [-0.15, -0.1) is 0 Å². The number of nitrogens with one attached hydrogen (secondary N) is 2. The summed E-state index contributed by atoms with van der Waals surface area (Å²) in [5.41, 5.74) is 5.85. The zero-order valence-electron chi connectivity index (χ0n) is 19.0. The summed E-state index contributed by atoms with van der Waals surface area (Å²) in [7, 11) is 3.31. The quantitative estimate of drug-likeness (QED) is 0.475. The van der Waals surface area contributed by atoms with Gasteiger partial charge in [0.15, 0.2) is 0 Å². The molecule has 0 aliphatic carbocycles. The highest BCUT2D eigenvalue weighted by atomic mass is 35.5. The van der Waals surface area contributed by atoms with Gasteiger partial charge in [-0.3, -0.25) is 4.99 Å². The van der Waals surface area contributed by atoms with E-state index in [4.69, 9.17) is 26.1 Å². The van der Waals surface area contributed by atoms with Crippen molar-refractivity contribution in [1.82, 2.24) is 0 Å².